The number of alkyl halides is 1. The minimum atomic E-state index is -2.01. The highest BCUT2D eigenvalue weighted by molar-refractivity contribution is 6.74. The number of rotatable bonds is 4. The van der Waals surface area contributed by atoms with Gasteiger partial charge in [0, 0.05) is 11.9 Å². The number of halogens is 1. The molecule has 1 unspecified atom stereocenters. The first-order valence-corrected chi connectivity index (χ1v) is 9.03. The molecular formula is C13H23FN2OSi. The van der Waals surface area contributed by atoms with Gasteiger partial charge in [0.25, 0.3) is 0 Å². The molecule has 0 bridgehead atoms. The van der Waals surface area contributed by atoms with Gasteiger partial charge in [0.15, 0.2) is 8.32 Å². The van der Waals surface area contributed by atoms with Gasteiger partial charge < -0.3 is 10.2 Å². The zero-order chi connectivity index (χ0) is 14.0. The molecule has 0 saturated carbocycles. The van der Waals surface area contributed by atoms with E-state index in [2.05, 4.69) is 38.8 Å². The minimum absolute atomic E-state index is 0.0424. The van der Waals surface area contributed by atoms with Crippen molar-refractivity contribution in [3.63, 3.8) is 0 Å². The Bertz CT molecular complexity index is 404. The van der Waals surface area contributed by atoms with E-state index < -0.39 is 21.1 Å². The van der Waals surface area contributed by atoms with Crippen LogP contribution in [0.1, 0.15) is 32.6 Å². The first-order chi connectivity index (χ1) is 8.17. The third-order valence-electron chi connectivity index (χ3n) is 3.52. The minimum Gasteiger partial charge on any atom is -0.406 e. The van der Waals surface area contributed by atoms with E-state index in [0.29, 0.717) is 11.4 Å². The first kappa shape index (κ1) is 15.1. The molecule has 0 aliphatic carbocycles. The molecule has 0 aliphatic rings. The normalized spacial score (nSPS) is 14.6. The molecule has 0 fully saturated rings. The van der Waals surface area contributed by atoms with Crippen molar-refractivity contribution in [2.75, 3.05) is 12.4 Å². The van der Waals surface area contributed by atoms with Crippen LogP contribution in [-0.4, -0.2) is 20.0 Å². The molecule has 0 aromatic carbocycles. The Morgan fingerprint density at radius 3 is 2.50 bits per heavy atom. The van der Waals surface area contributed by atoms with Crippen molar-refractivity contribution in [3.05, 3.63) is 24.0 Å². The number of hydrogen-bond donors (Lipinski definition) is 1. The number of hydrogen-bond acceptors (Lipinski definition) is 3. The fourth-order valence-corrected chi connectivity index (χ4v) is 2.59. The van der Waals surface area contributed by atoms with Gasteiger partial charge in [-0.15, -0.1) is 0 Å². The van der Waals surface area contributed by atoms with Crippen LogP contribution in [0.15, 0.2) is 18.3 Å². The smallest absolute Gasteiger partial charge is 0.193 e. The summed E-state index contributed by atoms with van der Waals surface area (Å²) in [6.45, 7) is 10.00. The summed E-state index contributed by atoms with van der Waals surface area (Å²) in [4.78, 5) is 4.15. The van der Waals surface area contributed by atoms with Crippen LogP contribution in [0.2, 0.25) is 18.1 Å². The summed E-state index contributed by atoms with van der Waals surface area (Å²) in [6.07, 6.45) is 0.969. The van der Waals surface area contributed by atoms with E-state index in [1.807, 2.05) is 0 Å². The highest BCUT2D eigenvalue weighted by atomic mass is 28.4. The maximum Gasteiger partial charge on any atom is 0.193 e. The molecule has 1 rings (SSSR count). The predicted molar refractivity (Wildman–Crippen MR) is 75.6 cm³/mol. The largest absolute Gasteiger partial charge is 0.406 e. The van der Waals surface area contributed by atoms with Crippen molar-refractivity contribution in [1.82, 2.24) is 4.98 Å². The standard InChI is InChI=1S/C13H23FN2OSi/c1-13(2,3)18(4,5)17-12(9-14)11-8-10(15)6-7-16-11/h6-8,12H,9H2,1-5H3,(H2,15,16). The van der Waals surface area contributed by atoms with Gasteiger partial charge in [-0.3, -0.25) is 4.98 Å². The van der Waals surface area contributed by atoms with E-state index in [9.17, 15) is 4.39 Å². The van der Waals surface area contributed by atoms with Crippen LogP contribution in [0.25, 0.3) is 0 Å². The Morgan fingerprint density at radius 1 is 1.44 bits per heavy atom. The zero-order valence-corrected chi connectivity index (χ0v) is 12.8. The maximum absolute atomic E-state index is 13.2. The third-order valence-corrected chi connectivity index (χ3v) is 8.00. The molecule has 1 aromatic heterocycles. The average molecular weight is 270 g/mol. The summed E-state index contributed by atoms with van der Waals surface area (Å²) in [5.74, 6) is 0. The number of anilines is 1. The van der Waals surface area contributed by atoms with Gasteiger partial charge >= 0.3 is 0 Å². The van der Waals surface area contributed by atoms with E-state index in [-0.39, 0.29) is 5.04 Å². The van der Waals surface area contributed by atoms with Gasteiger partial charge in [-0.25, -0.2) is 4.39 Å². The molecular weight excluding hydrogens is 247 g/mol. The molecule has 0 spiro atoms. The second kappa shape index (κ2) is 5.36. The Balaban J connectivity index is 2.93. The molecule has 1 aromatic rings. The van der Waals surface area contributed by atoms with Crippen molar-refractivity contribution in [1.29, 1.82) is 0 Å². The second-order valence-electron chi connectivity index (χ2n) is 6.04. The first-order valence-electron chi connectivity index (χ1n) is 6.12. The Morgan fingerprint density at radius 2 is 2.06 bits per heavy atom. The van der Waals surface area contributed by atoms with E-state index in [4.69, 9.17) is 10.2 Å². The van der Waals surface area contributed by atoms with Crippen LogP contribution in [-0.2, 0) is 4.43 Å². The topological polar surface area (TPSA) is 48.1 Å². The van der Waals surface area contributed by atoms with Crippen LogP contribution < -0.4 is 5.73 Å². The summed E-state index contributed by atoms with van der Waals surface area (Å²) in [6, 6.07) is 3.36. The summed E-state index contributed by atoms with van der Waals surface area (Å²) < 4.78 is 19.2. The van der Waals surface area contributed by atoms with E-state index in [1.165, 1.54) is 0 Å². The van der Waals surface area contributed by atoms with E-state index >= 15 is 0 Å². The molecule has 0 amide bonds. The van der Waals surface area contributed by atoms with Crippen molar-refractivity contribution in [2.24, 2.45) is 0 Å². The third kappa shape index (κ3) is 3.52. The molecule has 0 aliphatic heterocycles. The number of pyridine rings is 1. The van der Waals surface area contributed by atoms with Gasteiger partial charge in [0.05, 0.1) is 5.69 Å². The van der Waals surface area contributed by atoms with Gasteiger partial charge in [-0.2, -0.15) is 0 Å². The molecule has 3 nitrogen and oxygen atoms in total. The van der Waals surface area contributed by atoms with Crippen LogP contribution in [0.4, 0.5) is 10.1 Å². The van der Waals surface area contributed by atoms with Crippen molar-refractivity contribution in [2.45, 2.75) is 45.0 Å². The van der Waals surface area contributed by atoms with Crippen LogP contribution in [0.5, 0.6) is 0 Å². The maximum atomic E-state index is 13.2. The second-order valence-corrected chi connectivity index (χ2v) is 10.8. The number of nitrogens with zero attached hydrogens (tertiary/aromatic N) is 1. The lowest BCUT2D eigenvalue weighted by Gasteiger charge is -2.38. The molecule has 18 heavy (non-hydrogen) atoms. The number of aromatic nitrogens is 1. The predicted octanol–water partition coefficient (Wildman–Crippen LogP) is 3.70. The highest BCUT2D eigenvalue weighted by Crippen LogP contribution is 2.39. The lowest BCUT2D eigenvalue weighted by Crippen LogP contribution is -2.42. The molecule has 2 N–H and O–H groups in total. The van der Waals surface area contributed by atoms with Crippen LogP contribution in [0.3, 0.4) is 0 Å². The van der Waals surface area contributed by atoms with Crippen molar-refractivity contribution in [3.8, 4) is 0 Å². The van der Waals surface area contributed by atoms with Crippen molar-refractivity contribution >= 4 is 14.0 Å². The molecule has 0 radical (unpaired) electrons. The fourth-order valence-electron chi connectivity index (χ4n) is 1.34. The summed E-state index contributed by atoms with van der Waals surface area (Å²) in [5, 5.41) is 0.0424. The molecule has 0 saturated heterocycles. The quantitative estimate of drug-likeness (QED) is 0.849. The summed E-state index contributed by atoms with van der Waals surface area (Å²) in [7, 11) is -2.01. The summed E-state index contributed by atoms with van der Waals surface area (Å²) >= 11 is 0. The van der Waals surface area contributed by atoms with Gasteiger partial charge in [0.1, 0.15) is 12.8 Å². The number of nitrogens with two attached hydrogens (primary N) is 1. The van der Waals surface area contributed by atoms with E-state index in [0.717, 1.165) is 0 Å². The van der Waals surface area contributed by atoms with Gasteiger partial charge in [-0.05, 0) is 30.3 Å². The van der Waals surface area contributed by atoms with Gasteiger partial charge in [-0.1, -0.05) is 20.8 Å². The SMILES string of the molecule is CC(C)(C)[Si](C)(C)OC(CF)c1cc(N)ccn1. The van der Waals surface area contributed by atoms with Crippen LogP contribution in [0, 0.1) is 0 Å². The Labute approximate surface area is 110 Å². The fraction of sp³-hybridized carbons (Fsp3) is 0.615. The summed E-state index contributed by atoms with van der Waals surface area (Å²) in [5.41, 5.74) is 6.85. The van der Waals surface area contributed by atoms with Crippen molar-refractivity contribution < 1.29 is 8.82 Å². The highest BCUT2D eigenvalue weighted by Gasteiger charge is 2.39. The number of nitrogen functional groups attached to an aromatic ring is 1. The van der Waals surface area contributed by atoms with Gasteiger partial charge in [0.2, 0.25) is 0 Å². The average Bonchev–Trinajstić information content (AvgIpc) is 2.24. The lowest BCUT2D eigenvalue weighted by atomic mass is 10.2. The monoisotopic (exact) mass is 270 g/mol. The molecule has 1 atom stereocenters. The van der Waals surface area contributed by atoms with E-state index in [1.54, 1.807) is 18.3 Å². The lowest BCUT2D eigenvalue weighted by molar-refractivity contribution is 0.145. The molecule has 102 valence electrons. The molecule has 1 heterocycles. The zero-order valence-electron chi connectivity index (χ0n) is 11.8. The van der Waals surface area contributed by atoms with Crippen LogP contribution >= 0.6 is 0 Å². The molecule has 5 heteroatoms. The Hall–Kier alpha value is -0.943. The Kier molecular flexibility index (Phi) is 4.50.